The molecule has 20 heavy (non-hydrogen) atoms. The number of hydrogen-bond acceptors (Lipinski definition) is 3. The highest BCUT2D eigenvalue weighted by atomic mass is 16.5. The van der Waals surface area contributed by atoms with Crippen LogP contribution in [0.15, 0.2) is 24.3 Å². The van der Waals surface area contributed by atoms with Gasteiger partial charge >= 0.3 is 5.97 Å². The van der Waals surface area contributed by atoms with Crippen LogP contribution in [0.1, 0.15) is 20.8 Å². The van der Waals surface area contributed by atoms with Crippen molar-refractivity contribution in [3.63, 3.8) is 0 Å². The van der Waals surface area contributed by atoms with E-state index in [4.69, 9.17) is 9.84 Å². The van der Waals surface area contributed by atoms with Crippen molar-refractivity contribution in [1.82, 2.24) is 0 Å². The first-order valence-corrected chi connectivity index (χ1v) is 6.65. The molecular weight excluding hydrogens is 258 g/mol. The third-order valence-electron chi connectivity index (χ3n) is 3.82. The fourth-order valence-electron chi connectivity index (χ4n) is 2.65. The van der Waals surface area contributed by atoms with Crippen LogP contribution in [0.3, 0.4) is 0 Å². The van der Waals surface area contributed by atoms with Crippen molar-refractivity contribution >= 4 is 17.6 Å². The predicted octanol–water partition coefficient (Wildman–Crippen LogP) is 2.38. The van der Waals surface area contributed by atoms with E-state index < -0.39 is 23.2 Å². The molecule has 1 aliphatic rings. The summed E-state index contributed by atoms with van der Waals surface area (Å²) in [5.41, 5.74) is 0.0717. The van der Waals surface area contributed by atoms with Gasteiger partial charge in [-0.2, -0.15) is 0 Å². The van der Waals surface area contributed by atoms with Crippen LogP contribution in [0, 0.1) is 17.3 Å². The van der Waals surface area contributed by atoms with Gasteiger partial charge in [0, 0.05) is 0 Å². The lowest BCUT2D eigenvalue weighted by Gasteiger charge is -2.11. The minimum absolute atomic E-state index is 0.269. The summed E-state index contributed by atoms with van der Waals surface area (Å²) >= 11 is 0. The summed E-state index contributed by atoms with van der Waals surface area (Å²) in [6.07, 6.45) is 0. The van der Waals surface area contributed by atoms with Crippen LogP contribution in [0.2, 0.25) is 0 Å². The lowest BCUT2D eigenvalue weighted by atomic mass is 10.1. The van der Waals surface area contributed by atoms with Gasteiger partial charge in [0.05, 0.1) is 24.1 Å². The van der Waals surface area contributed by atoms with E-state index in [0.717, 1.165) is 0 Å². The predicted molar refractivity (Wildman–Crippen MR) is 74.6 cm³/mol. The number of anilines is 1. The standard InChI is InChI=1S/C15H19NO4/c1-4-20-10-8-6-5-7-9(10)16-13(17)11-12(14(18)19)15(11,2)3/h5-8,11-12H,4H2,1-3H3,(H,16,17)(H,18,19)/t11-,12+/m1/s1. The minimum atomic E-state index is -0.923. The van der Waals surface area contributed by atoms with Gasteiger partial charge in [-0.15, -0.1) is 0 Å². The maximum Gasteiger partial charge on any atom is 0.307 e. The molecule has 0 saturated heterocycles. The van der Waals surface area contributed by atoms with Gasteiger partial charge in [0.1, 0.15) is 5.75 Å². The van der Waals surface area contributed by atoms with Crippen LogP contribution in [0.25, 0.3) is 0 Å². The molecule has 5 nitrogen and oxygen atoms in total. The van der Waals surface area contributed by atoms with Gasteiger partial charge in [0.15, 0.2) is 0 Å². The normalized spacial score (nSPS) is 22.9. The SMILES string of the molecule is CCOc1ccccc1NC(=O)[C@H]1[C@@H](C(=O)O)C1(C)C. The van der Waals surface area contributed by atoms with Crippen molar-refractivity contribution < 1.29 is 19.4 Å². The fourth-order valence-corrected chi connectivity index (χ4v) is 2.65. The number of nitrogens with one attached hydrogen (secondary N) is 1. The van der Waals surface area contributed by atoms with Crippen molar-refractivity contribution in [2.24, 2.45) is 17.3 Å². The third kappa shape index (κ3) is 2.48. The van der Waals surface area contributed by atoms with Gasteiger partial charge in [-0.1, -0.05) is 26.0 Å². The summed E-state index contributed by atoms with van der Waals surface area (Å²) < 4.78 is 5.43. The highest BCUT2D eigenvalue weighted by molar-refractivity contribution is 6.00. The Bertz CT molecular complexity index is 538. The van der Waals surface area contributed by atoms with Crippen LogP contribution in [0.4, 0.5) is 5.69 Å². The average molecular weight is 277 g/mol. The smallest absolute Gasteiger partial charge is 0.307 e. The topological polar surface area (TPSA) is 75.6 Å². The molecule has 2 N–H and O–H groups in total. The summed E-state index contributed by atoms with van der Waals surface area (Å²) in [5.74, 6) is -1.73. The zero-order valence-corrected chi connectivity index (χ0v) is 11.8. The molecule has 1 aromatic rings. The molecule has 1 amide bonds. The van der Waals surface area contributed by atoms with Crippen LogP contribution in [0.5, 0.6) is 5.75 Å². The molecule has 108 valence electrons. The van der Waals surface area contributed by atoms with Crippen molar-refractivity contribution in [2.45, 2.75) is 20.8 Å². The molecule has 1 saturated carbocycles. The van der Waals surface area contributed by atoms with E-state index in [0.29, 0.717) is 18.0 Å². The number of ether oxygens (including phenoxy) is 1. The number of para-hydroxylation sites is 2. The first-order valence-electron chi connectivity index (χ1n) is 6.65. The van der Waals surface area contributed by atoms with Crippen molar-refractivity contribution in [1.29, 1.82) is 0 Å². The summed E-state index contributed by atoms with van der Waals surface area (Å²) in [4.78, 5) is 23.3. The number of carboxylic acids is 1. The summed E-state index contributed by atoms with van der Waals surface area (Å²) in [6.45, 7) is 5.96. The molecule has 0 spiro atoms. The monoisotopic (exact) mass is 277 g/mol. The Kier molecular flexibility index (Phi) is 3.70. The molecule has 0 aliphatic heterocycles. The van der Waals surface area contributed by atoms with Crippen molar-refractivity contribution in [3.05, 3.63) is 24.3 Å². The summed E-state index contributed by atoms with van der Waals surface area (Å²) in [5, 5.41) is 11.9. The zero-order chi connectivity index (χ0) is 14.9. The van der Waals surface area contributed by atoms with Crippen molar-refractivity contribution in [3.8, 4) is 5.75 Å². The van der Waals surface area contributed by atoms with Gasteiger partial charge in [-0.25, -0.2) is 0 Å². The lowest BCUT2D eigenvalue weighted by molar-refractivity contribution is -0.140. The quantitative estimate of drug-likeness (QED) is 0.866. The molecule has 0 unspecified atom stereocenters. The largest absolute Gasteiger partial charge is 0.492 e. The Morgan fingerprint density at radius 1 is 1.30 bits per heavy atom. The highest BCUT2D eigenvalue weighted by Crippen LogP contribution is 2.58. The molecule has 1 fully saturated rings. The van der Waals surface area contributed by atoms with E-state index in [2.05, 4.69) is 5.32 Å². The van der Waals surface area contributed by atoms with E-state index in [9.17, 15) is 9.59 Å². The fraction of sp³-hybridized carbons (Fsp3) is 0.467. The third-order valence-corrected chi connectivity index (χ3v) is 3.82. The molecule has 2 atom stereocenters. The number of aliphatic carboxylic acids is 1. The van der Waals surface area contributed by atoms with E-state index >= 15 is 0 Å². The molecule has 1 aliphatic carbocycles. The van der Waals surface area contributed by atoms with Crippen LogP contribution < -0.4 is 10.1 Å². The second-order valence-corrected chi connectivity index (χ2v) is 5.53. The van der Waals surface area contributed by atoms with Gasteiger partial charge in [0.25, 0.3) is 0 Å². The minimum Gasteiger partial charge on any atom is -0.492 e. The van der Waals surface area contributed by atoms with Gasteiger partial charge < -0.3 is 15.2 Å². The van der Waals surface area contributed by atoms with E-state index in [1.165, 1.54) is 0 Å². The van der Waals surface area contributed by atoms with Gasteiger partial charge in [-0.05, 0) is 24.5 Å². The Hall–Kier alpha value is -2.04. The average Bonchev–Trinajstić information content (AvgIpc) is 2.95. The molecule has 0 heterocycles. The number of carboxylic acid groups (broad SMARTS) is 1. The number of carbonyl (C=O) groups is 2. The maximum atomic E-state index is 12.2. The first-order chi connectivity index (χ1) is 9.39. The van der Waals surface area contributed by atoms with Crippen LogP contribution in [-0.4, -0.2) is 23.6 Å². The second-order valence-electron chi connectivity index (χ2n) is 5.53. The Morgan fingerprint density at radius 3 is 2.50 bits per heavy atom. The van der Waals surface area contributed by atoms with E-state index in [-0.39, 0.29) is 5.91 Å². The van der Waals surface area contributed by atoms with E-state index in [1.807, 2.05) is 13.0 Å². The van der Waals surface area contributed by atoms with Crippen LogP contribution >= 0.6 is 0 Å². The summed E-state index contributed by atoms with van der Waals surface area (Å²) in [7, 11) is 0. The van der Waals surface area contributed by atoms with Crippen molar-refractivity contribution in [2.75, 3.05) is 11.9 Å². The molecule has 5 heteroatoms. The molecule has 0 radical (unpaired) electrons. The number of rotatable bonds is 5. The van der Waals surface area contributed by atoms with Gasteiger partial charge in [-0.3, -0.25) is 9.59 Å². The zero-order valence-electron chi connectivity index (χ0n) is 11.8. The molecular formula is C15H19NO4. The van der Waals surface area contributed by atoms with Gasteiger partial charge in [0.2, 0.25) is 5.91 Å². The summed E-state index contributed by atoms with van der Waals surface area (Å²) in [6, 6.07) is 7.13. The van der Waals surface area contributed by atoms with Crippen LogP contribution in [-0.2, 0) is 9.59 Å². The number of benzene rings is 1. The second kappa shape index (κ2) is 5.15. The maximum absolute atomic E-state index is 12.2. The first kappa shape index (κ1) is 14.4. The molecule has 2 rings (SSSR count). The molecule has 1 aromatic carbocycles. The van der Waals surface area contributed by atoms with E-state index in [1.54, 1.807) is 32.0 Å². The number of hydrogen-bond donors (Lipinski definition) is 2. The highest BCUT2D eigenvalue weighted by Gasteiger charge is 2.65. The Labute approximate surface area is 117 Å². The Balaban J connectivity index is 2.12. The molecule has 0 bridgehead atoms. The lowest BCUT2D eigenvalue weighted by Crippen LogP contribution is -2.18. The number of amides is 1. The molecule has 0 aromatic heterocycles. The Morgan fingerprint density at radius 2 is 1.95 bits per heavy atom. The number of carbonyl (C=O) groups excluding carboxylic acids is 1.